The highest BCUT2D eigenvalue weighted by molar-refractivity contribution is 5.38. The second kappa shape index (κ2) is 5.41. The lowest BCUT2D eigenvalue weighted by Gasteiger charge is -2.15. The number of nitrogens with zero attached hydrogens (tertiary/aromatic N) is 2. The molecular formula is C13H15N3O. The molecule has 0 aliphatic carbocycles. The van der Waals surface area contributed by atoms with E-state index in [1.807, 2.05) is 31.2 Å². The molecule has 1 aromatic heterocycles. The molecule has 4 nitrogen and oxygen atoms in total. The highest BCUT2D eigenvalue weighted by atomic mass is 16.5. The van der Waals surface area contributed by atoms with Crippen molar-refractivity contribution in [1.29, 1.82) is 0 Å². The van der Waals surface area contributed by atoms with Gasteiger partial charge in [-0.05, 0) is 19.1 Å². The Morgan fingerprint density at radius 3 is 2.59 bits per heavy atom. The summed E-state index contributed by atoms with van der Waals surface area (Å²) in [4.78, 5) is 8.33. The third-order valence-corrected chi connectivity index (χ3v) is 2.42. The maximum Gasteiger partial charge on any atom is 0.149 e. The summed E-state index contributed by atoms with van der Waals surface area (Å²) in [6, 6.07) is 9.10. The summed E-state index contributed by atoms with van der Waals surface area (Å²) in [7, 11) is 0. The van der Waals surface area contributed by atoms with Crippen LogP contribution in [0.25, 0.3) is 0 Å². The molecule has 88 valence electrons. The van der Waals surface area contributed by atoms with Crippen LogP contribution in [0.5, 0.6) is 5.75 Å². The average Bonchev–Trinajstić information content (AvgIpc) is 2.40. The molecule has 1 heterocycles. The van der Waals surface area contributed by atoms with Gasteiger partial charge in [-0.3, -0.25) is 0 Å². The van der Waals surface area contributed by atoms with Gasteiger partial charge in [-0.25, -0.2) is 9.97 Å². The molecule has 2 aromatic rings. The number of hydrogen-bond donors (Lipinski definition) is 1. The van der Waals surface area contributed by atoms with Crippen LogP contribution in [0.4, 0.5) is 0 Å². The number of rotatable bonds is 4. The van der Waals surface area contributed by atoms with Crippen molar-refractivity contribution >= 4 is 0 Å². The molecule has 0 amide bonds. The fraction of sp³-hybridized carbons (Fsp3) is 0.231. The number of aromatic nitrogens is 2. The molecule has 0 radical (unpaired) electrons. The molecule has 0 aliphatic rings. The quantitative estimate of drug-likeness (QED) is 0.870. The van der Waals surface area contributed by atoms with Gasteiger partial charge in [-0.15, -0.1) is 0 Å². The van der Waals surface area contributed by atoms with E-state index in [1.54, 1.807) is 18.5 Å². The summed E-state index contributed by atoms with van der Waals surface area (Å²) in [6.45, 7) is 2.56. The molecule has 0 saturated carbocycles. The van der Waals surface area contributed by atoms with Crippen molar-refractivity contribution in [2.45, 2.75) is 13.0 Å². The SMILES string of the molecule is CCOc1ccccc1C(N)c1ncccn1. The number of benzene rings is 1. The van der Waals surface area contributed by atoms with Crippen molar-refractivity contribution in [1.82, 2.24) is 9.97 Å². The van der Waals surface area contributed by atoms with Crippen LogP contribution in [-0.2, 0) is 0 Å². The number of para-hydroxylation sites is 1. The van der Waals surface area contributed by atoms with Crippen LogP contribution < -0.4 is 10.5 Å². The van der Waals surface area contributed by atoms with E-state index < -0.39 is 0 Å². The Balaban J connectivity index is 2.33. The zero-order valence-corrected chi connectivity index (χ0v) is 9.71. The summed E-state index contributed by atoms with van der Waals surface area (Å²) in [5.41, 5.74) is 7.05. The number of hydrogen-bond acceptors (Lipinski definition) is 4. The molecule has 0 fully saturated rings. The van der Waals surface area contributed by atoms with E-state index in [2.05, 4.69) is 9.97 Å². The van der Waals surface area contributed by atoms with E-state index in [0.717, 1.165) is 11.3 Å². The molecule has 1 aromatic carbocycles. The molecule has 0 bridgehead atoms. The molecule has 17 heavy (non-hydrogen) atoms. The van der Waals surface area contributed by atoms with Crippen LogP contribution in [-0.4, -0.2) is 16.6 Å². The van der Waals surface area contributed by atoms with Crippen LogP contribution in [0.2, 0.25) is 0 Å². The largest absolute Gasteiger partial charge is 0.494 e. The number of ether oxygens (including phenoxy) is 1. The van der Waals surface area contributed by atoms with E-state index in [-0.39, 0.29) is 6.04 Å². The van der Waals surface area contributed by atoms with Crippen molar-refractivity contribution in [3.63, 3.8) is 0 Å². The highest BCUT2D eigenvalue weighted by Gasteiger charge is 2.15. The molecule has 4 heteroatoms. The van der Waals surface area contributed by atoms with Crippen molar-refractivity contribution in [3.8, 4) is 5.75 Å². The second-order valence-corrected chi connectivity index (χ2v) is 3.56. The Morgan fingerprint density at radius 1 is 1.18 bits per heavy atom. The Morgan fingerprint density at radius 2 is 1.88 bits per heavy atom. The molecule has 2 N–H and O–H groups in total. The van der Waals surface area contributed by atoms with Gasteiger partial charge in [0.25, 0.3) is 0 Å². The Bertz CT molecular complexity index is 473. The van der Waals surface area contributed by atoms with Crippen LogP contribution >= 0.6 is 0 Å². The summed E-state index contributed by atoms with van der Waals surface area (Å²) in [5, 5.41) is 0. The first-order valence-corrected chi connectivity index (χ1v) is 5.57. The first-order valence-electron chi connectivity index (χ1n) is 5.57. The summed E-state index contributed by atoms with van der Waals surface area (Å²) < 4.78 is 5.54. The standard InChI is InChI=1S/C13H15N3O/c1-2-17-11-7-4-3-6-10(11)12(14)13-15-8-5-9-16-13/h3-9,12H,2,14H2,1H3. The van der Waals surface area contributed by atoms with E-state index in [4.69, 9.17) is 10.5 Å². The van der Waals surface area contributed by atoms with Gasteiger partial charge in [-0.1, -0.05) is 18.2 Å². The van der Waals surface area contributed by atoms with Crippen molar-refractivity contribution in [3.05, 3.63) is 54.1 Å². The lowest BCUT2D eigenvalue weighted by molar-refractivity contribution is 0.335. The van der Waals surface area contributed by atoms with Gasteiger partial charge in [0.15, 0.2) is 0 Å². The third-order valence-electron chi connectivity index (χ3n) is 2.42. The Hall–Kier alpha value is -1.94. The van der Waals surface area contributed by atoms with Gasteiger partial charge in [0.2, 0.25) is 0 Å². The Kier molecular flexibility index (Phi) is 3.67. The van der Waals surface area contributed by atoms with E-state index in [1.165, 1.54) is 0 Å². The molecular weight excluding hydrogens is 214 g/mol. The van der Waals surface area contributed by atoms with Gasteiger partial charge < -0.3 is 10.5 Å². The minimum atomic E-state index is -0.362. The first-order chi connectivity index (χ1) is 8.33. The Labute approximate surface area is 100 Å². The normalized spacial score (nSPS) is 12.1. The maximum absolute atomic E-state index is 6.14. The monoisotopic (exact) mass is 229 g/mol. The highest BCUT2D eigenvalue weighted by Crippen LogP contribution is 2.26. The summed E-state index contributed by atoms with van der Waals surface area (Å²) in [6.07, 6.45) is 3.37. The summed E-state index contributed by atoms with van der Waals surface area (Å²) in [5.74, 6) is 1.38. The van der Waals surface area contributed by atoms with Crippen molar-refractivity contribution in [2.24, 2.45) is 5.73 Å². The lowest BCUT2D eigenvalue weighted by Crippen LogP contribution is -2.16. The average molecular weight is 229 g/mol. The molecule has 1 atom stereocenters. The third kappa shape index (κ3) is 2.60. The topological polar surface area (TPSA) is 61.0 Å². The van der Waals surface area contributed by atoms with Crippen LogP contribution in [0.1, 0.15) is 24.4 Å². The van der Waals surface area contributed by atoms with Crippen LogP contribution in [0.15, 0.2) is 42.7 Å². The van der Waals surface area contributed by atoms with Crippen molar-refractivity contribution < 1.29 is 4.74 Å². The molecule has 1 unspecified atom stereocenters. The fourth-order valence-electron chi connectivity index (χ4n) is 1.63. The lowest BCUT2D eigenvalue weighted by atomic mass is 10.1. The predicted molar refractivity (Wildman–Crippen MR) is 65.7 cm³/mol. The number of nitrogens with two attached hydrogens (primary N) is 1. The van der Waals surface area contributed by atoms with E-state index >= 15 is 0 Å². The second-order valence-electron chi connectivity index (χ2n) is 3.56. The minimum absolute atomic E-state index is 0.362. The summed E-state index contributed by atoms with van der Waals surface area (Å²) >= 11 is 0. The predicted octanol–water partition coefficient (Wildman–Crippen LogP) is 1.92. The van der Waals surface area contributed by atoms with Crippen molar-refractivity contribution in [2.75, 3.05) is 6.61 Å². The fourth-order valence-corrected chi connectivity index (χ4v) is 1.63. The molecule has 0 spiro atoms. The smallest absolute Gasteiger partial charge is 0.149 e. The van der Waals surface area contributed by atoms with Crippen LogP contribution in [0.3, 0.4) is 0 Å². The first kappa shape index (κ1) is 11.5. The van der Waals surface area contributed by atoms with Crippen LogP contribution in [0, 0.1) is 0 Å². The molecule has 2 rings (SSSR count). The minimum Gasteiger partial charge on any atom is -0.494 e. The van der Waals surface area contributed by atoms with Gasteiger partial charge in [0.1, 0.15) is 11.6 Å². The maximum atomic E-state index is 6.14. The molecule has 0 aliphatic heterocycles. The van der Waals surface area contributed by atoms with Gasteiger partial charge in [-0.2, -0.15) is 0 Å². The van der Waals surface area contributed by atoms with Gasteiger partial charge in [0.05, 0.1) is 12.6 Å². The van der Waals surface area contributed by atoms with Gasteiger partial charge in [0, 0.05) is 18.0 Å². The van der Waals surface area contributed by atoms with Gasteiger partial charge >= 0.3 is 0 Å². The zero-order valence-electron chi connectivity index (χ0n) is 9.71. The molecule has 0 saturated heterocycles. The zero-order chi connectivity index (χ0) is 12.1. The van der Waals surface area contributed by atoms with E-state index in [0.29, 0.717) is 12.4 Å². The van der Waals surface area contributed by atoms with E-state index in [9.17, 15) is 0 Å².